The molecule has 0 aromatic heterocycles. The fourth-order valence-corrected chi connectivity index (χ4v) is 2.44. The molecule has 0 bridgehead atoms. The third-order valence-corrected chi connectivity index (χ3v) is 3.98. The zero-order chi connectivity index (χ0) is 18.2. The molecular weight excluding hydrogens is 318 g/mol. The Balaban J connectivity index is 1.83. The minimum atomic E-state index is -0.148. The molecule has 0 saturated heterocycles. The number of carbonyl (C=O) groups excluding carboxylic acids is 2. The molecule has 25 heavy (non-hydrogen) atoms. The molecule has 1 atom stereocenters. The topological polar surface area (TPSA) is 64.6 Å². The van der Waals surface area contributed by atoms with Crippen molar-refractivity contribution in [3.63, 3.8) is 0 Å². The average molecular weight is 341 g/mol. The van der Waals surface area contributed by atoms with Gasteiger partial charge in [0.1, 0.15) is 11.5 Å². The number of nitrogens with one attached hydrogen (secondary N) is 1. The molecule has 2 aromatic carbocycles. The van der Waals surface area contributed by atoms with Gasteiger partial charge in [-0.15, -0.1) is 0 Å². The van der Waals surface area contributed by atoms with Gasteiger partial charge in [0.05, 0.1) is 20.3 Å². The zero-order valence-electron chi connectivity index (χ0n) is 14.7. The van der Waals surface area contributed by atoms with Gasteiger partial charge < -0.3 is 14.8 Å². The molecule has 1 N–H and O–H groups in total. The Morgan fingerprint density at radius 3 is 1.92 bits per heavy atom. The first-order valence-corrected chi connectivity index (χ1v) is 8.14. The Morgan fingerprint density at radius 2 is 1.40 bits per heavy atom. The minimum absolute atomic E-state index is 0.0603. The number of amides is 1. The van der Waals surface area contributed by atoms with E-state index in [4.69, 9.17) is 9.47 Å². The molecule has 2 rings (SSSR count). The van der Waals surface area contributed by atoms with Gasteiger partial charge >= 0.3 is 0 Å². The van der Waals surface area contributed by atoms with Gasteiger partial charge in [-0.3, -0.25) is 9.59 Å². The summed E-state index contributed by atoms with van der Waals surface area (Å²) in [5, 5.41) is 2.91. The van der Waals surface area contributed by atoms with Gasteiger partial charge in [-0.1, -0.05) is 12.1 Å². The molecule has 0 aliphatic carbocycles. The van der Waals surface area contributed by atoms with Crippen molar-refractivity contribution in [2.45, 2.75) is 25.8 Å². The lowest BCUT2D eigenvalue weighted by Gasteiger charge is -2.14. The smallest absolute Gasteiger partial charge is 0.220 e. The van der Waals surface area contributed by atoms with E-state index in [1.807, 2.05) is 31.2 Å². The van der Waals surface area contributed by atoms with E-state index in [1.54, 1.807) is 38.5 Å². The van der Waals surface area contributed by atoms with Crippen molar-refractivity contribution in [3.05, 3.63) is 59.7 Å². The van der Waals surface area contributed by atoms with Crippen LogP contribution in [0.25, 0.3) is 0 Å². The van der Waals surface area contributed by atoms with Gasteiger partial charge in [-0.2, -0.15) is 0 Å². The summed E-state index contributed by atoms with van der Waals surface area (Å²) >= 11 is 0. The quantitative estimate of drug-likeness (QED) is 0.746. The van der Waals surface area contributed by atoms with Crippen LogP contribution in [-0.4, -0.2) is 25.9 Å². The van der Waals surface area contributed by atoms with E-state index in [-0.39, 0.29) is 30.6 Å². The molecule has 1 amide bonds. The number of rotatable bonds is 8. The Kier molecular flexibility index (Phi) is 6.57. The maximum Gasteiger partial charge on any atom is 0.220 e. The van der Waals surface area contributed by atoms with Crippen LogP contribution in [0.1, 0.15) is 41.7 Å². The monoisotopic (exact) mass is 341 g/mol. The molecule has 0 fully saturated rings. The standard InChI is InChI=1S/C20H23NO4/c1-14(15-4-8-17(24-2)9-5-15)21-20(23)13-12-19(22)16-6-10-18(25-3)11-7-16/h4-11,14H,12-13H2,1-3H3,(H,21,23). The van der Waals surface area contributed by atoms with Crippen LogP contribution in [-0.2, 0) is 4.79 Å². The summed E-state index contributed by atoms with van der Waals surface area (Å²) in [7, 11) is 3.19. The van der Waals surface area contributed by atoms with Crippen LogP contribution in [0.15, 0.2) is 48.5 Å². The Labute approximate surface area is 148 Å². The van der Waals surface area contributed by atoms with Gasteiger partial charge in [-0.25, -0.2) is 0 Å². The summed E-state index contributed by atoms with van der Waals surface area (Å²) in [5.41, 5.74) is 1.56. The Bertz CT molecular complexity index is 707. The van der Waals surface area contributed by atoms with E-state index in [0.717, 1.165) is 11.3 Å². The van der Waals surface area contributed by atoms with Crippen LogP contribution in [0.4, 0.5) is 0 Å². The maximum atomic E-state index is 12.1. The van der Waals surface area contributed by atoms with Gasteiger partial charge in [0, 0.05) is 18.4 Å². The number of Topliss-reactive ketones (excluding diaryl/α,β-unsaturated/α-hetero) is 1. The normalized spacial score (nSPS) is 11.5. The Morgan fingerprint density at radius 1 is 0.880 bits per heavy atom. The lowest BCUT2D eigenvalue weighted by Crippen LogP contribution is -2.26. The van der Waals surface area contributed by atoms with Gasteiger partial charge in [0.25, 0.3) is 0 Å². The highest BCUT2D eigenvalue weighted by atomic mass is 16.5. The second kappa shape index (κ2) is 8.87. The summed E-state index contributed by atoms with van der Waals surface area (Å²) < 4.78 is 10.2. The number of hydrogen-bond acceptors (Lipinski definition) is 4. The van der Waals surface area contributed by atoms with Crippen molar-refractivity contribution in [3.8, 4) is 11.5 Å². The minimum Gasteiger partial charge on any atom is -0.497 e. The first kappa shape index (κ1) is 18.5. The number of carbonyl (C=O) groups is 2. The molecule has 0 aliphatic heterocycles. The fourth-order valence-electron chi connectivity index (χ4n) is 2.44. The van der Waals surface area contributed by atoms with Crippen molar-refractivity contribution in [1.82, 2.24) is 5.32 Å². The van der Waals surface area contributed by atoms with Crippen molar-refractivity contribution in [1.29, 1.82) is 0 Å². The van der Waals surface area contributed by atoms with Gasteiger partial charge in [0.15, 0.2) is 5.78 Å². The molecule has 0 aliphatic rings. The van der Waals surface area contributed by atoms with E-state index in [0.29, 0.717) is 11.3 Å². The molecule has 0 saturated carbocycles. The molecule has 132 valence electrons. The van der Waals surface area contributed by atoms with Crippen molar-refractivity contribution in [2.75, 3.05) is 14.2 Å². The summed E-state index contributed by atoms with van der Waals surface area (Å²) in [5.74, 6) is 1.26. The van der Waals surface area contributed by atoms with E-state index < -0.39 is 0 Å². The van der Waals surface area contributed by atoms with E-state index in [9.17, 15) is 9.59 Å². The number of hydrogen-bond donors (Lipinski definition) is 1. The predicted molar refractivity (Wildman–Crippen MR) is 96.1 cm³/mol. The van der Waals surface area contributed by atoms with Crippen LogP contribution < -0.4 is 14.8 Å². The highest BCUT2D eigenvalue weighted by Gasteiger charge is 2.13. The maximum absolute atomic E-state index is 12.1. The van der Waals surface area contributed by atoms with Crippen molar-refractivity contribution < 1.29 is 19.1 Å². The lowest BCUT2D eigenvalue weighted by atomic mass is 10.1. The summed E-state index contributed by atoms with van der Waals surface area (Å²) in [6.07, 6.45) is 0.332. The lowest BCUT2D eigenvalue weighted by molar-refractivity contribution is -0.121. The molecule has 5 heteroatoms. The van der Waals surface area contributed by atoms with Crippen molar-refractivity contribution in [2.24, 2.45) is 0 Å². The second-order valence-electron chi connectivity index (χ2n) is 5.71. The molecule has 0 spiro atoms. The number of ether oxygens (including phenoxy) is 2. The molecule has 5 nitrogen and oxygen atoms in total. The van der Waals surface area contributed by atoms with Crippen LogP contribution in [0.3, 0.4) is 0 Å². The Hall–Kier alpha value is -2.82. The fraction of sp³-hybridized carbons (Fsp3) is 0.300. The molecule has 0 heterocycles. The molecule has 2 aromatic rings. The highest BCUT2D eigenvalue weighted by Crippen LogP contribution is 2.18. The highest BCUT2D eigenvalue weighted by molar-refractivity contribution is 5.98. The van der Waals surface area contributed by atoms with Crippen LogP contribution >= 0.6 is 0 Å². The molecular formula is C20H23NO4. The number of ketones is 1. The molecule has 0 radical (unpaired) electrons. The van der Waals surface area contributed by atoms with Gasteiger partial charge in [0.2, 0.25) is 5.91 Å². The third kappa shape index (κ3) is 5.35. The number of benzene rings is 2. The average Bonchev–Trinajstić information content (AvgIpc) is 2.66. The summed E-state index contributed by atoms with van der Waals surface area (Å²) in [6, 6.07) is 14.3. The van der Waals surface area contributed by atoms with Gasteiger partial charge in [-0.05, 0) is 48.9 Å². The van der Waals surface area contributed by atoms with Crippen molar-refractivity contribution >= 4 is 11.7 Å². The summed E-state index contributed by atoms with van der Waals surface area (Å²) in [6.45, 7) is 1.91. The zero-order valence-corrected chi connectivity index (χ0v) is 14.7. The van der Waals surface area contributed by atoms with E-state index >= 15 is 0 Å². The SMILES string of the molecule is COc1ccc(C(=O)CCC(=O)NC(C)c2ccc(OC)cc2)cc1. The number of methoxy groups -OCH3 is 2. The van der Waals surface area contributed by atoms with E-state index in [1.165, 1.54) is 0 Å². The second-order valence-corrected chi connectivity index (χ2v) is 5.71. The van der Waals surface area contributed by atoms with Crippen LogP contribution in [0, 0.1) is 0 Å². The summed E-state index contributed by atoms with van der Waals surface area (Å²) in [4.78, 5) is 24.2. The predicted octanol–water partition coefficient (Wildman–Crippen LogP) is 3.54. The van der Waals surface area contributed by atoms with Crippen LogP contribution in [0.5, 0.6) is 11.5 Å². The van der Waals surface area contributed by atoms with E-state index in [2.05, 4.69) is 5.32 Å². The molecule has 1 unspecified atom stereocenters. The third-order valence-electron chi connectivity index (χ3n) is 3.98. The first-order valence-electron chi connectivity index (χ1n) is 8.14. The first-order chi connectivity index (χ1) is 12.0. The largest absolute Gasteiger partial charge is 0.497 e. The van der Waals surface area contributed by atoms with Crippen LogP contribution in [0.2, 0.25) is 0 Å².